The number of Topliss-reactive ketones (excluding diaryl/α,β-unsaturated/α-hetero) is 1. The molecule has 1 saturated heterocycles. The van der Waals surface area contributed by atoms with Gasteiger partial charge in [0.05, 0.1) is 54.5 Å². The van der Waals surface area contributed by atoms with Crippen molar-refractivity contribution in [3.8, 4) is 28.7 Å². The molecule has 0 spiro atoms. The van der Waals surface area contributed by atoms with Gasteiger partial charge in [-0.1, -0.05) is 59.8 Å². The first-order chi connectivity index (χ1) is 35.1. The maximum Gasteiger partial charge on any atom is 0.417 e. The third-order valence-corrected chi connectivity index (χ3v) is 15.4. The van der Waals surface area contributed by atoms with E-state index in [1.807, 2.05) is 32.1 Å². The summed E-state index contributed by atoms with van der Waals surface area (Å²) in [5.74, 6) is -8.09. The van der Waals surface area contributed by atoms with E-state index in [1.54, 1.807) is 39.8 Å². The molecule has 2 N–H and O–H groups in total. The first-order valence-electron chi connectivity index (χ1n) is 24.2. The van der Waals surface area contributed by atoms with Crippen molar-refractivity contribution in [3.63, 3.8) is 0 Å². The minimum Gasteiger partial charge on any atom is -0.479 e. The average Bonchev–Trinajstić information content (AvgIpc) is 3.63. The fraction of sp³-hybridized carbons (Fsp3) is 0.490. The van der Waals surface area contributed by atoms with Crippen molar-refractivity contribution < 1.29 is 65.7 Å². The molecule has 0 saturated carbocycles. The summed E-state index contributed by atoms with van der Waals surface area (Å²) in [6.07, 6.45) is 4.51. The van der Waals surface area contributed by atoms with Crippen molar-refractivity contribution in [1.82, 2.24) is 9.88 Å². The number of anilines is 2. The van der Waals surface area contributed by atoms with E-state index in [0.717, 1.165) is 38.4 Å². The highest BCUT2D eigenvalue weighted by molar-refractivity contribution is 7.10. The SMILES string of the molecule is COC1/C=C/OC2(C)Oc3c(C)c(OP)c4c(=O)c(c5oc6cc(N7CCN(CC(C)C)CC7)cc(OP)c6nc-5c4c3C2=O)NC(=O)/C(C)=C\C=C\C(C)C(OP)C(C)C(OP)C(C)C(OC(=O)C(=O)O)C1C. The van der Waals surface area contributed by atoms with E-state index in [1.165, 1.54) is 26.4 Å². The highest BCUT2D eigenvalue weighted by Crippen LogP contribution is 2.52. The number of esters is 1. The molecule has 400 valence electrons. The van der Waals surface area contributed by atoms with Crippen LogP contribution >= 0.6 is 37.9 Å². The van der Waals surface area contributed by atoms with Crippen LogP contribution in [0.5, 0.6) is 17.2 Å². The molecule has 5 aliphatic rings. The van der Waals surface area contributed by atoms with Crippen LogP contribution in [-0.4, -0.2) is 109 Å². The molecule has 2 aromatic carbocycles. The number of methoxy groups -OCH3 is 1. The topological polar surface area (TPSA) is 224 Å². The molecule has 74 heavy (non-hydrogen) atoms. The Kier molecular flexibility index (Phi) is 18.1. The number of allylic oxidation sites excluding steroid dienone is 2. The number of fused-ring (bicyclic) bond motifs is 2. The fourth-order valence-corrected chi connectivity index (χ4v) is 11.9. The van der Waals surface area contributed by atoms with E-state index < -0.39 is 77.0 Å². The van der Waals surface area contributed by atoms with Crippen molar-refractivity contribution in [2.24, 2.45) is 29.6 Å². The normalized spacial score (nSPS) is 27.9. The number of ether oxygens (including phenoxy) is 4. The summed E-state index contributed by atoms with van der Waals surface area (Å²) in [7, 11) is 10.3. The molecule has 1 amide bonds. The summed E-state index contributed by atoms with van der Waals surface area (Å²) in [6.45, 7) is 20.4. The molecule has 1 fully saturated rings. The van der Waals surface area contributed by atoms with Crippen molar-refractivity contribution in [1.29, 1.82) is 0 Å². The molecular formula is C51H66N4O15P4. The lowest BCUT2D eigenvalue weighted by Crippen LogP contribution is -2.47. The number of aromatic nitrogens is 1. The van der Waals surface area contributed by atoms with Gasteiger partial charge in [0.15, 0.2) is 17.1 Å². The average molecular weight is 1100 g/mol. The number of rotatable bonds is 9. The molecule has 1 aliphatic carbocycles. The van der Waals surface area contributed by atoms with Crippen molar-refractivity contribution in [3.05, 3.63) is 69.6 Å². The maximum absolute atomic E-state index is 15.3. The molecule has 4 bridgehead atoms. The molecule has 4 aliphatic heterocycles. The van der Waals surface area contributed by atoms with E-state index in [4.69, 9.17) is 46.4 Å². The quantitative estimate of drug-likeness (QED) is 0.0532. The van der Waals surface area contributed by atoms with Crippen LogP contribution in [0.25, 0.3) is 33.3 Å². The predicted molar refractivity (Wildman–Crippen MR) is 293 cm³/mol. The first-order valence-corrected chi connectivity index (χ1v) is 26.1. The number of amides is 1. The Labute approximate surface area is 439 Å². The van der Waals surface area contributed by atoms with Gasteiger partial charge in [-0.05, 0) is 25.8 Å². The predicted octanol–water partition coefficient (Wildman–Crippen LogP) is 8.05. The molecule has 0 radical (unpaired) electrons. The molecule has 0 aromatic heterocycles. The number of carbonyl (C=O) groups excluding carboxylic acids is 3. The zero-order valence-electron chi connectivity index (χ0n) is 43.1. The van der Waals surface area contributed by atoms with Gasteiger partial charge in [-0.25, -0.2) is 14.6 Å². The van der Waals surface area contributed by atoms with Crippen molar-refractivity contribution in [2.75, 3.05) is 50.1 Å². The van der Waals surface area contributed by atoms with Gasteiger partial charge in [0.2, 0.25) is 5.43 Å². The molecule has 4 heterocycles. The number of benzene rings is 3. The summed E-state index contributed by atoms with van der Waals surface area (Å²) in [6, 6.07) is 3.67. The number of piperazine rings is 1. The molecular weight excluding hydrogens is 1030 g/mol. The summed E-state index contributed by atoms with van der Waals surface area (Å²) in [5, 5.41) is 12.4. The molecule has 7 rings (SSSR count). The molecule has 2 aromatic rings. The minimum atomic E-state index is -2.07. The summed E-state index contributed by atoms with van der Waals surface area (Å²) >= 11 is 0. The van der Waals surface area contributed by atoms with Gasteiger partial charge < -0.3 is 56.8 Å². The lowest BCUT2D eigenvalue weighted by molar-refractivity contribution is -0.175. The smallest absolute Gasteiger partial charge is 0.417 e. The van der Waals surface area contributed by atoms with Crippen LogP contribution in [0.3, 0.4) is 0 Å². The van der Waals surface area contributed by atoms with Gasteiger partial charge in [-0.3, -0.25) is 19.3 Å². The number of hydrogen-bond acceptors (Lipinski definition) is 17. The van der Waals surface area contributed by atoms with E-state index in [2.05, 4.69) is 66.8 Å². The Balaban J connectivity index is 1.46. The van der Waals surface area contributed by atoms with Gasteiger partial charge in [-0.15, -0.1) is 0 Å². The lowest BCUT2D eigenvalue weighted by Gasteiger charge is -2.40. The minimum absolute atomic E-state index is 0.0107. The zero-order chi connectivity index (χ0) is 54.1. The standard InChI is InChI=1S/C51H66N4O15P4/c1-23(2)22-54-15-17-55(18-16-54)30-20-32-37(33(21-30)67-71)52-38-34-35-40(56)39(46(38)64-32)53-48(58)25(4)13-11-12-24(3)41(68-72)27(6)43(69-73)28(7)42(65-50(61)49(59)60)26(5)31(62-10)14-19-63-51(9)47(57)36(34)44(66-51)29(8)45(35)70-74/h11-14,19-21,23-24,26-28,31,41-43H,15-18,22,71-74H2,1-10H3,(H,53,58)(H,59,60)/b12-11+,19-14+,25-13-. The van der Waals surface area contributed by atoms with Crippen LogP contribution in [0.2, 0.25) is 0 Å². The number of nitrogens with one attached hydrogen (secondary N) is 1. The Morgan fingerprint density at radius 3 is 2.20 bits per heavy atom. The molecule has 23 heteroatoms. The Morgan fingerprint density at radius 1 is 0.919 bits per heavy atom. The number of carboxylic acids is 1. The van der Waals surface area contributed by atoms with Crippen molar-refractivity contribution in [2.45, 2.75) is 92.5 Å². The van der Waals surface area contributed by atoms with Crippen LogP contribution < -0.4 is 29.4 Å². The maximum atomic E-state index is 15.3. The van der Waals surface area contributed by atoms with Gasteiger partial charge in [0.25, 0.3) is 11.7 Å². The van der Waals surface area contributed by atoms with Gasteiger partial charge in [0.1, 0.15) is 34.5 Å². The number of aliphatic carboxylic acids is 1. The Bertz CT molecular complexity index is 2940. The number of nitrogens with zero attached hydrogens (tertiary/aromatic N) is 3. The highest BCUT2D eigenvalue weighted by Gasteiger charge is 2.50. The summed E-state index contributed by atoms with van der Waals surface area (Å²) in [5.41, 5.74) is 0.723. The Hall–Kier alpha value is -4.82. The monoisotopic (exact) mass is 1100 g/mol. The summed E-state index contributed by atoms with van der Waals surface area (Å²) in [4.78, 5) is 79.2. The van der Waals surface area contributed by atoms with Gasteiger partial charge in [0, 0.05) is 124 Å². The summed E-state index contributed by atoms with van der Waals surface area (Å²) < 4.78 is 54.6. The molecule has 19 nitrogen and oxygen atoms in total. The number of carbonyl (C=O) groups is 4. The second-order valence-electron chi connectivity index (χ2n) is 19.7. The van der Waals surface area contributed by atoms with Gasteiger partial charge >= 0.3 is 17.7 Å². The largest absolute Gasteiger partial charge is 0.479 e. The van der Waals surface area contributed by atoms with Crippen LogP contribution in [-0.2, 0) is 37.6 Å². The van der Waals surface area contributed by atoms with E-state index >= 15 is 9.59 Å². The first kappa shape index (κ1) is 56.9. The molecule has 13 atom stereocenters. The number of hydrogen-bond donors (Lipinski definition) is 2. The second kappa shape index (κ2) is 23.6. The third-order valence-electron chi connectivity index (χ3n) is 14.3. The third kappa shape index (κ3) is 11.0. The molecule has 13 unspecified atom stereocenters. The van der Waals surface area contributed by atoms with Crippen LogP contribution in [0.4, 0.5) is 11.4 Å². The Morgan fingerprint density at radius 2 is 1.59 bits per heavy atom. The van der Waals surface area contributed by atoms with E-state index in [0.29, 0.717) is 11.7 Å². The lowest BCUT2D eigenvalue weighted by atomic mass is 9.78. The highest BCUT2D eigenvalue weighted by atomic mass is 31.0. The van der Waals surface area contributed by atoms with Crippen molar-refractivity contribution >= 4 is 94.7 Å². The van der Waals surface area contributed by atoms with Gasteiger partial charge in [-0.2, -0.15) is 0 Å². The zero-order valence-corrected chi connectivity index (χ0v) is 47.7. The number of ketones is 1. The van der Waals surface area contributed by atoms with Crippen LogP contribution in [0, 0.1) is 36.5 Å². The second-order valence-corrected chi connectivity index (χ2v) is 20.8. The number of carboxylic acid groups (broad SMARTS) is 1. The van der Waals surface area contributed by atoms with Crippen LogP contribution in [0.1, 0.15) is 71.3 Å². The van der Waals surface area contributed by atoms with E-state index in [-0.39, 0.29) is 73.1 Å². The van der Waals surface area contributed by atoms with Crippen LogP contribution in [0.15, 0.2) is 57.5 Å². The van der Waals surface area contributed by atoms with E-state index in [9.17, 15) is 19.5 Å². The fourth-order valence-electron chi connectivity index (χ4n) is 10.4.